The van der Waals surface area contributed by atoms with Gasteiger partial charge >= 0.3 is 0 Å². The van der Waals surface area contributed by atoms with Crippen LogP contribution in [0, 0.1) is 13.8 Å². The molecule has 1 N–H and O–H groups in total. The number of benzene rings is 2. The van der Waals surface area contributed by atoms with Crippen LogP contribution in [-0.4, -0.2) is 22.9 Å². The molecule has 5 nitrogen and oxygen atoms in total. The summed E-state index contributed by atoms with van der Waals surface area (Å²) in [5, 5.41) is 5.17. The number of aromatic nitrogens is 2. The molecular formula is C21H20N4OS. The quantitative estimate of drug-likeness (QED) is 0.387. The molecule has 0 fully saturated rings. The Labute approximate surface area is 161 Å². The maximum atomic E-state index is 5.24. The summed E-state index contributed by atoms with van der Waals surface area (Å²) < 4.78 is 8.60. The van der Waals surface area contributed by atoms with Crippen molar-refractivity contribution in [3.05, 3.63) is 71.5 Å². The van der Waals surface area contributed by atoms with E-state index in [1.807, 2.05) is 36.5 Å². The van der Waals surface area contributed by atoms with Crippen LogP contribution in [0.4, 0.5) is 5.13 Å². The van der Waals surface area contributed by atoms with E-state index in [-0.39, 0.29) is 0 Å². The lowest BCUT2D eigenvalue weighted by Gasteiger charge is -2.10. The van der Waals surface area contributed by atoms with Gasteiger partial charge in [-0.05, 0) is 56.3 Å². The lowest BCUT2D eigenvalue weighted by molar-refractivity contribution is 0.414. The number of anilines is 1. The Hall–Kier alpha value is -3.12. The van der Waals surface area contributed by atoms with Crippen molar-refractivity contribution in [1.29, 1.82) is 0 Å². The lowest BCUT2D eigenvalue weighted by atomic mass is 10.2. The summed E-state index contributed by atoms with van der Waals surface area (Å²) in [6.07, 6.45) is 1.84. The number of hydrazone groups is 1. The molecule has 4 rings (SSSR count). The van der Waals surface area contributed by atoms with E-state index in [0.717, 1.165) is 43.7 Å². The van der Waals surface area contributed by atoms with Crippen LogP contribution < -0.4 is 10.2 Å². The normalized spacial score (nSPS) is 11.4. The van der Waals surface area contributed by atoms with Gasteiger partial charge in [-0.1, -0.05) is 23.5 Å². The van der Waals surface area contributed by atoms with Crippen molar-refractivity contribution < 1.29 is 4.74 Å². The van der Waals surface area contributed by atoms with Crippen LogP contribution in [0.3, 0.4) is 0 Å². The van der Waals surface area contributed by atoms with Crippen molar-refractivity contribution in [2.45, 2.75) is 13.8 Å². The molecule has 4 aromatic rings. The number of aryl methyl sites for hydroxylation is 1. The van der Waals surface area contributed by atoms with E-state index >= 15 is 0 Å². The van der Waals surface area contributed by atoms with E-state index in [1.165, 1.54) is 0 Å². The van der Waals surface area contributed by atoms with Gasteiger partial charge < -0.3 is 9.30 Å². The molecule has 0 bridgehead atoms. The molecule has 6 heteroatoms. The average Bonchev–Trinajstić information content (AvgIpc) is 3.22. The zero-order valence-electron chi connectivity index (χ0n) is 15.4. The van der Waals surface area contributed by atoms with Gasteiger partial charge in [0, 0.05) is 22.6 Å². The summed E-state index contributed by atoms with van der Waals surface area (Å²) in [6, 6.07) is 18.2. The highest BCUT2D eigenvalue weighted by atomic mass is 32.1. The van der Waals surface area contributed by atoms with Crippen LogP contribution in [0.2, 0.25) is 0 Å². The molecule has 0 aliphatic carbocycles. The van der Waals surface area contributed by atoms with Gasteiger partial charge in [-0.15, -0.1) is 0 Å². The van der Waals surface area contributed by atoms with Crippen LogP contribution in [0.15, 0.2) is 59.7 Å². The molecule has 2 aromatic carbocycles. The van der Waals surface area contributed by atoms with Gasteiger partial charge in [0.25, 0.3) is 0 Å². The minimum Gasteiger partial charge on any atom is -0.497 e. The van der Waals surface area contributed by atoms with E-state index in [9.17, 15) is 0 Å². The molecule has 0 amide bonds. The van der Waals surface area contributed by atoms with Crippen molar-refractivity contribution >= 4 is 32.9 Å². The average molecular weight is 376 g/mol. The summed E-state index contributed by atoms with van der Waals surface area (Å²) in [4.78, 5) is 4.53. The fraction of sp³-hybridized carbons (Fsp3) is 0.143. The molecular weight excluding hydrogens is 356 g/mol. The highest BCUT2D eigenvalue weighted by Crippen LogP contribution is 2.25. The van der Waals surface area contributed by atoms with Crippen LogP contribution in [0.1, 0.15) is 17.0 Å². The Kier molecular flexibility index (Phi) is 4.64. The Morgan fingerprint density at radius 3 is 2.63 bits per heavy atom. The van der Waals surface area contributed by atoms with Crippen LogP contribution in [0.5, 0.6) is 5.75 Å². The molecule has 0 aliphatic heterocycles. The zero-order chi connectivity index (χ0) is 18.8. The fourth-order valence-electron chi connectivity index (χ4n) is 3.12. The molecule has 27 heavy (non-hydrogen) atoms. The second kappa shape index (κ2) is 7.25. The molecule has 0 saturated carbocycles. The SMILES string of the molecule is COc1ccc(-n2c(C)cc(/C=N/Nc3nc4ccccc4s3)c2C)cc1. The van der Waals surface area contributed by atoms with Crippen molar-refractivity contribution in [2.75, 3.05) is 12.5 Å². The van der Waals surface area contributed by atoms with Gasteiger partial charge in [0.05, 0.1) is 23.5 Å². The molecule has 2 heterocycles. The largest absolute Gasteiger partial charge is 0.497 e. The Morgan fingerprint density at radius 1 is 1.11 bits per heavy atom. The molecule has 0 spiro atoms. The molecule has 0 radical (unpaired) electrons. The minimum atomic E-state index is 0.788. The van der Waals surface area contributed by atoms with E-state index < -0.39 is 0 Å². The number of nitrogens with one attached hydrogen (secondary N) is 1. The number of nitrogens with zero attached hydrogens (tertiary/aromatic N) is 3. The summed E-state index contributed by atoms with van der Waals surface area (Å²) in [5.41, 5.74) is 8.48. The van der Waals surface area contributed by atoms with Crippen LogP contribution >= 0.6 is 11.3 Å². The first kappa shape index (κ1) is 17.3. The van der Waals surface area contributed by atoms with E-state index in [1.54, 1.807) is 18.4 Å². The predicted octanol–water partition coefficient (Wildman–Crippen LogP) is 5.16. The number of rotatable bonds is 5. The number of hydrogen-bond donors (Lipinski definition) is 1. The monoisotopic (exact) mass is 376 g/mol. The number of thiazole rings is 1. The zero-order valence-corrected chi connectivity index (χ0v) is 16.2. The van der Waals surface area contributed by atoms with Crippen LogP contribution in [0.25, 0.3) is 15.9 Å². The van der Waals surface area contributed by atoms with Gasteiger partial charge in [0.1, 0.15) is 5.75 Å². The fourth-order valence-corrected chi connectivity index (χ4v) is 3.94. The summed E-state index contributed by atoms with van der Waals surface area (Å²) >= 11 is 1.59. The van der Waals surface area contributed by atoms with Crippen molar-refractivity contribution in [3.8, 4) is 11.4 Å². The van der Waals surface area contributed by atoms with Crippen molar-refractivity contribution in [2.24, 2.45) is 5.10 Å². The number of hydrogen-bond acceptors (Lipinski definition) is 5. The van der Waals surface area contributed by atoms with Crippen molar-refractivity contribution in [1.82, 2.24) is 9.55 Å². The van der Waals surface area contributed by atoms with E-state index in [4.69, 9.17) is 4.74 Å². The minimum absolute atomic E-state index is 0.788. The molecule has 0 atom stereocenters. The maximum absolute atomic E-state index is 5.24. The number of ether oxygens (including phenoxy) is 1. The first-order valence-corrected chi connectivity index (χ1v) is 9.45. The molecule has 136 valence electrons. The third-order valence-electron chi connectivity index (χ3n) is 4.46. The van der Waals surface area contributed by atoms with E-state index in [0.29, 0.717) is 0 Å². The molecule has 2 aromatic heterocycles. The van der Waals surface area contributed by atoms with Gasteiger partial charge in [-0.25, -0.2) is 4.98 Å². The standard InChI is InChI=1S/C21H20N4OS/c1-14-12-16(15(2)25(14)17-8-10-18(26-3)11-9-17)13-22-24-21-23-19-6-4-5-7-20(19)27-21/h4-13H,1-3H3,(H,23,24)/b22-13+. The van der Waals surface area contributed by atoms with Gasteiger partial charge in [-0.3, -0.25) is 5.43 Å². The number of para-hydroxylation sites is 1. The third kappa shape index (κ3) is 3.44. The smallest absolute Gasteiger partial charge is 0.204 e. The Bertz CT molecular complexity index is 1080. The lowest BCUT2D eigenvalue weighted by Crippen LogP contribution is -2.00. The van der Waals surface area contributed by atoms with Crippen molar-refractivity contribution in [3.63, 3.8) is 0 Å². The first-order valence-electron chi connectivity index (χ1n) is 8.64. The Morgan fingerprint density at radius 2 is 1.89 bits per heavy atom. The molecule has 0 unspecified atom stereocenters. The molecule has 0 aliphatic rings. The summed E-state index contributed by atoms with van der Waals surface area (Å²) in [7, 11) is 1.67. The number of fused-ring (bicyclic) bond motifs is 1. The van der Waals surface area contributed by atoms with Crippen LogP contribution in [-0.2, 0) is 0 Å². The number of methoxy groups -OCH3 is 1. The predicted molar refractivity (Wildman–Crippen MR) is 113 cm³/mol. The maximum Gasteiger partial charge on any atom is 0.204 e. The topological polar surface area (TPSA) is 51.4 Å². The van der Waals surface area contributed by atoms with E-state index in [2.05, 4.69) is 58.2 Å². The Balaban J connectivity index is 1.56. The highest BCUT2D eigenvalue weighted by Gasteiger charge is 2.09. The van der Waals surface area contributed by atoms with Gasteiger partial charge in [0.15, 0.2) is 0 Å². The van der Waals surface area contributed by atoms with Gasteiger partial charge in [-0.2, -0.15) is 5.10 Å². The molecule has 0 saturated heterocycles. The third-order valence-corrected chi connectivity index (χ3v) is 5.40. The highest BCUT2D eigenvalue weighted by molar-refractivity contribution is 7.22. The second-order valence-electron chi connectivity index (χ2n) is 6.22. The summed E-state index contributed by atoms with van der Waals surface area (Å²) in [5.74, 6) is 0.850. The van der Waals surface area contributed by atoms with Gasteiger partial charge in [0.2, 0.25) is 5.13 Å². The first-order chi connectivity index (χ1) is 13.2. The second-order valence-corrected chi connectivity index (χ2v) is 7.25. The summed E-state index contributed by atoms with van der Waals surface area (Å²) in [6.45, 7) is 4.19.